The number of hydrogen-bond acceptors (Lipinski definition) is 6. The zero-order valence-electron chi connectivity index (χ0n) is 18.8. The summed E-state index contributed by atoms with van der Waals surface area (Å²) in [7, 11) is 1.51. The van der Waals surface area contributed by atoms with Gasteiger partial charge in [-0.05, 0) is 61.2 Å². The Bertz CT molecular complexity index is 1250. The molecule has 1 fully saturated rings. The molecule has 2 N–H and O–H groups in total. The van der Waals surface area contributed by atoms with Crippen LogP contribution in [0.4, 0.5) is 8.78 Å². The number of benzene rings is 1. The minimum atomic E-state index is -1.16. The van der Waals surface area contributed by atoms with Crippen molar-refractivity contribution >= 4 is 34.7 Å². The van der Waals surface area contributed by atoms with Crippen molar-refractivity contribution in [2.75, 3.05) is 20.2 Å². The maximum atomic E-state index is 15.1. The van der Waals surface area contributed by atoms with E-state index in [2.05, 4.69) is 9.98 Å². The molecule has 176 valence electrons. The fourth-order valence-electron chi connectivity index (χ4n) is 4.67. The number of halogens is 2. The highest BCUT2D eigenvalue weighted by molar-refractivity contribution is 8.16. The molecule has 2 aromatic rings. The number of likely N-dealkylation sites (tertiary alicyclic amines) is 1. The normalized spacial score (nSPS) is 26.0. The lowest BCUT2D eigenvalue weighted by atomic mass is 9.85. The van der Waals surface area contributed by atoms with Crippen LogP contribution in [0.3, 0.4) is 0 Å². The molecule has 5 rings (SSSR count). The topological polar surface area (TPSA) is 80.8 Å². The molecule has 34 heavy (non-hydrogen) atoms. The second-order valence-corrected chi connectivity index (χ2v) is 10.00. The minimum Gasteiger partial charge on any atom is -0.495 e. The van der Waals surface area contributed by atoms with E-state index in [9.17, 15) is 9.18 Å². The van der Waals surface area contributed by atoms with Crippen molar-refractivity contribution < 1.29 is 18.3 Å². The van der Waals surface area contributed by atoms with E-state index in [-0.39, 0.29) is 22.3 Å². The van der Waals surface area contributed by atoms with Crippen LogP contribution in [-0.2, 0) is 10.3 Å². The highest BCUT2D eigenvalue weighted by Crippen LogP contribution is 2.61. The fourth-order valence-corrected chi connectivity index (χ4v) is 5.93. The number of amides is 1. The Morgan fingerprint density at radius 2 is 2.03 bits per heavy atom. The highest BCUT2D eigenvalue weighted by Gasteiger charge is 2.63. The zero-order chi connectivity index (χ0) is 24.1. The number of nitrogens with zero attached hydrogens (tertiary/aromatic N) is 3. The first-order valence-electron chi connectivity index (χ1n) is 11.0. The molecule has 0 spiro atoms. The number of ether oxygens (including phenoxy) is 1. The second-order valence-electron chi connectivity index (χ2n) is 8.73. The quantitative estimate of drug-likeness (QED) is 0.644. The Kier molecular flexibility index (Phi) is 5.47. The van der Waals surface area contributed by atoms with Gasteiger partial charge in [0.2, 0.25) is 5.91 Å². The van der Waals surface area contributed by atoms with E-state index in [4.69, 9.17) is 10.5 Å². The van der Waals surface area contributed by atoms with Crippen LogP contribution in [0.1, 0.15) is 36.6 Å². The number of aromatic nitrogens is 1. The van der Waals surface area contributed by atoms with Gasteiger partial charge in [0.1, 0.15) is 27.7 Å². The summed E-state index contributed by atoms with van der Waals surface area (Å²) in [6, 6.07) is 7.44. The van der Waals surface area contributed by atoms with E-state index in [1.165, 1.54) is 49.3 Å². The van der Waals surface area contributed by atoms with Crippen molar-refractivity contribution in [2.24, 2.45) is 10.7 Å². The number of carbonyl (C=O) groups is 1. The van der Waals surface area contributed by atoms with E-state index in [1.807, 2.05) is 11.0 Å². The molecule has 1 aromatic heterocycles. The van der Waals surface area contributed by atoms with Gasteiger partial charge < -0.3 is 15.4 Å². The summed E-state index contributed by atoms with van der Waals surface area (Å²) in [5.41, 5.74) is 6.52. The summed E-state index contributed by atoms with van der Waals surface area (Å²) >= 11 is 1.21. The maximum absolute atomic E-state index is 15.1. The molecule has 0 unspecified atom stereocenters. The van der Waals surface area contributed by atoms with Crippen LogP contribution in [0, 0.1) is 5.82 Å². The summed E-state index contributed by atoms with van der Waals surface area (Å²) in [5.74, 6) is -0.579. The predicted octanol–water partition coefficient (Wildman–Crippen LogP) is 4.27. The van der Waals surface area contributed by atoms with Gasteiger partial charge in [-0.3, -0.25) is 4.79 Å². The van der Waals surface area contributed by atoms with Crippen molar-refractivity contribution in [2.45, 2.75) is 30.1 Å². The number of pyridine rings is 1. The summed E-state index contributed by atoms with van der Waals surface area (Å²) in [4.78, 5) is 23.7. The van der Waals surface area contributed by atoms with Crippen molar-refractivity contribution in [1.82, 2.24) is 9.88 Å². The first kappa shape index (κ1) is 22.6. The number of rotatable bonds is 5. The average Bonchev–Trinajstić information content (AvgIpc) is 3.33. The van der Waals surface area contributed by atoms with Gasteiger partial charge in [0, 0.05) is 18.7 Å². The molecule has 9 heteroatoms. The Balaban J connectivity index is 1.48. The summed E-state index contributed by atoms with van der Waals surface area (Å²) in [5, 5.41) is 0.224. The lowest BCUT2D eigenvalue weighted by molar-refractivity contribution is -0.129. The van der Waals surface area contributed by atoms with Crippen LogP contribution in [0.5, 0.6) is 5.75 Å². The Morgan fingerprint density at radius 1 is 1.26 bits per heavy atom. The van der Waals surface area contributed by atoms with E-state index >= 15 is 4.39 Å². The number of amidine groups is 1. The molecule has 2 atom stereocenters. The van der Waals surface area contributed by atoms with Crippen LogP contribution < -0.4 is 10.5 Å². The Morgan fingerprint density at radius 3 is 2.71 bits per heavy atom. The molecule has 3 aliphatic rings. The second kappa shape index (κ2) is 8.23. The first-order chi connectivity index (χ1) is 16.3. The summed E-state index contributed by atoms with van der Waals surface area (Å²) < 4.78 is 34.1. The molecular formula is C25H24F2N4O2S. The summed E-state index contributed by atoms with van der Waals surface area (Å²) in [6.45, 7) is 3.17. The highest BCUT2D eigenvalue weighted by atomic mass is 32.2. The lowest BCUT2D eigenvalue weighted by Gasteiger charge is -2.35. The van der Waals surface area contributed by atoms with Crippen LogP contribution in [-0.4, -0.2) is 45.9 Å². The molecule has 0 bridgehead atoms. The number of methoxy groups -OCH3 is 1. The van der Waals surface area contributed by atoms with Crippen molar-refractivity contribution in [3.05, 3.63) is 70.8 Å². The number of carbonyl (C=O) groups excluding carboxylic acids is 1. The van der Waals surface area contributed by atoms with Crippen molar-refractivity contribution in [3.63, 3.8) is 0 Å². The standard InChI is InChI=1S/C25H24F2N4O2S/c1-24(21-13-25(21,34-23(28)30-24)22(32)31-9-3-4-10-31)17-11-15(5-7-18(17)26)12-19(27)20-8-6-16(33-2)14-29-20/h5-8,11-14H,3-4,9-10H2,1-2H3,(H2,28,30)/b19-12-/t24-,25+/m1/s1. The third kappa shape index (κ3) is 3.68. The van der Waals surface area contributed by atoms with Gasteiger partial charge in [-0.1, -0.05) is 23.9 Å². The number of aliphatic imine (C=N–C) groups is 1. The molecule has 1 aromatic carbocycles. The van der Waals surface area contributed by atoms with E-state index in [0.717, 1.165) is 12.8 Å². The average molecular weight is 483 g/mol. The van der Waals surface area contributed by atoms with Crippen LogP contribution in [0.15, 0.2) is 53.2 Å². The van der Waals surface area contributed by atoms with E-state index < -0.39 is 21.9 Å². The first-order valence-corrected chi connectivity index (χ1v) is 11.8. The van der Waals surface area contributed by atoms with Crippen LogP contribution >= 0.6 is 11.8 Å². The SMILES string of the molecule is COc1ccc(/C(F)=C/c2ccc(F)c([C@@]3(C)N=C(N)S[C@@]4(C(=O)N5CCCC5)C=C43)c2)nc1. The molecule has 1 amide bonds. The van der Waals surface area contributed by atoms with E-state index in [1.54, 1.807) is 19.1 Å². The van der Waals surface area contributed by atoms with Gasteiger partial charge >= 0.3 is 0 Å². The van der Waals surface area contributed by atoms with Crippen molar-refractivity contribution in [3.8, 4) is 5.75 Å². The maximum Gasteiger partial charge on any atom is 0.247 e. The molecule has 3 heterocycles. The van der Waals surface area contributed by atoms with Crippen LogP contribution in [0.2, 0.25) is 0 Å². The largest absolute Gasteiger partial charge is 0.495 e. The number of hydrogen-bond donors (Lipinski definition) is 1. The molecule has 0 saturated carbocycles. The predicted molar refractivity (Wildman–Crippen MR) is 129 cm³/mol. The van der Waals surface area contributed by atoms with Gasteiger partial charge in [-0.15, -0.1) is 0 Å². The lowest BCUT2D eigenvalue weighted by Crippen LogP contribution is -2.45. The zero-order valence-corrected chi connectivity index (χ0v) is 19.7. The van der Waals surface area contributed by atoms with Gasteiger partial charge in [0.05, 0.1) is 19.0 Å². The summed E-state index contributed by atoms with van der Waals surface area (Å²) in [6.07, 6.45) is 6.50. The van der Waals surface area contributed by atoms with Gasteiger partial charge in [0.25, 0.3) is 0 Å². The third-order valence-corrected chi connectivity index (χ3v) is 7.66. The fraction of sp³-hybridized carbons (Fsp3) is 0.320. The molecule has 0 radical (unpaired) electrons. The Labute approximate surface area is 200 Å². The molecule has 1 aliphatic carbocycles. The molecule has 2 aliphatic heterocycles. The van der Waals surface area contributed by atoms with Crippen LogP contribution in [0.25, 0.3) is 11.9 Å². The van der Waals surface area contributed by atoms with Gasteiger partial charge in [0.15, 0.2) is 5.17 Å². The molecular weight excluding hydrogens is 458 g/mol. The minimum absolute atomic E-state index is 0.0258. The van der Waals surface area contributed by atoms with E-state index in [0.29, 0.717) is 30.0 Å². The number of fused-ring (bicyclic) bond motifs is 1. The molecule has 6 nitrogen and oxygen atoms in total. The van der Waals surface area contributed by atoms with Gasteiger partial charge in [-0.2, -0.15) is 0 Å². The third-order valence-electron chi connectivity index (χ3n) is 6.52. The Hall–Kier alpha value is -3.20. The number of thioether (sulfide) groups is 1. The number of nitrogens with two attached hydrogens (primary N) is 1. The van der Waals surface area contributed by atoms with Crippen molar-refractivity contribution in [1.29, 1.82) is 0 Å². The smallest absolute Gasteiger partial charge is 0.247 e. The monoisotopic (exact) mass is 482 g/mol. The molecule has 1 saturated heterocycles. The van der Waals surface area contributed by atoms with Gasteiger partial charge in [-0.25, -0.2) is 18.8 Å².